The molecular weight excluding hydrogens is 238 g/mol. The van der Waals surface area contributed by atoms with Crippen molar-refractivity contribution >= 4 is 11.7 Å². The summed E-state index contributed by atoms with van der Waals surface area (Å²) in [5.41, 5.74) is 0.821. The largest absolute Gasteiger partial charge is 0.459 e. The quantitative estimate of drug-likeness (QED) is 0.820. The molecule has 2 rings (SSSR count). The number of esters is 1. The molecule has 0 amide bonds. The van der Waals surface area contributed by atoms with Crippen molar-refractivity contribution in [2.24, 2.45) is 0 Å². The lowest BCUT2D eigenvalue weighted by Crippen LogP contribution is -2.34. The highest BCUT2D eigenvalue weighted by Gasteiger charge is 2.30. The second-order valence-electron chi connectivity index (χ2n) is 5.53. The van der Waals surface area contributed by atoms with Gasteiger partial charge in [-0.3, -0.25) is 4.79 Å². The van der Waals surface area contributed by atoms with E-state index < -0.39 is 0 Å². The minimum absolute atomic E-state index is 0.0900. The van der Waals surface area contributed by atoms with E-state index in [1.54, 1.807) is 0 Å². The number of carbonyl (C=O) groups excluding carboxylic acids is 1. The lowest BCUT2D eigenvalue weighted by atomic mass is 9.86. The van der Waals surface area contributed by atoms with E-state index in [-0.39, 0.29) is 11.6 Å². The molecule has 0 aromatic heterocycles. The second-order valence-corrected chi connectivity index (χ2v) is 5.53. The van der Waals surface area contributed by atoms with Gasteiger partial charge in [-0.1, -0.05) is 24.6 Å². The Morgan fingerprint density at radius 1 is 1.21 bits per heavy atom. The van der Waals surface area contributed by atoms with Crippen LogP contribution in [0.5, 0.6) is 0 Å². The molecule has 19 heavy (non-hydrogen) atoms. The standard InChI is InChI=1S/C16H23NO2/c1-16(11-6-3-7-12-16)19-15(18)10-13-17-14-8-4-2-5-9-14/h2,4-5,8-9,17H,3,6-7,10-13H2,1H3. The number of hydrogen-bond donors (Lipinski definition) is 1. The molecule has 104 valence electrons. The monoisotopic (exact) mass is 261 g/mol. The van der Waals surface area contributed by atoms with Crippen LogP contribution < -0.4 is 5.32 Å². The van der Waals surface area contributed by atoms with Gasteiger partial charge in [0.25, 0.3) is 0 Å². The number of anilines is 1. The van der Waals surface area contributed by atoms with Crippen LogP contribution in [-0.2, 0) is 9.53 Å². The molecule has 0 bridgehead atoms. The van der Waals surface area contributed by atoms with Gasteiger partial charge in [0, 0.05) is 12.2 Å². The van der Waals surface area contributed by atoms with Gasteiger partial charge in [-0.25, -0.2) is 0 Å². The van der Waals surface area contributed by atoms with Crippen LogP contribution in [-0.4, -0.2) is 18.1 Å². The first-order valence-corrected chi connectivity index (χ1v) is 7.19. The fourth-order valence-electron chi connectivity index (χ4n) is 2.59. The van der Waals surface area contributed by atoms with Crippen LogP contribution in [0, 0.1) is 0 Å². The SMILES string of the molecule is CC1(OC(=O)CCNc2ccccc2)CCCCC1. The van der Waals surface area contributed by atoms with Crippen molar-refractivity contribution in [1.82, 2.24) is 0 Å². The second kappa shape index (κ2) is 6.60. The van der Waals surface area contributed by atoms with Crippen LogP contribution in [0.25, 0.3) is 0 Å². The zero-order chi connectivity index (χ0) is 13.6. The lowest BCUT2D eigenvalue weighted by Gasteiger charge is -2.33. The smallest absolute Gasteiger partial charge is 0.308 e. The Hall–Kier alpha value is -1.51. The highest BCUT2D eigenvalue weighted by Crippen LogP contribution is 2.31. The predicted molar refractivity (Wildman–Crippen MR) is 77.1 cm³/mol. The summed E-state index contributed by atoms with van der Waals surface area (Å²) in [7, 11) is 0. The summed E-state index contributed by atoms with van der Waals surface area (Å²) in [5.74, 6) is -0.0900. The van der Waals surface area contributed by atoms with Gasteiger partial charge in [0.15, 0.2) is 0 Å². The number of nitrogens with one attached hydrogen (secondary N) is 1. The maximum atomic E-state index is 11.8. The lowest BCUT2D eigenvalue weighted by molar-refractivity contribution is -0.160. The van der Waals surface area contributed by atoms with E-state index in [1.807, 2.05) is 30.3 Å². The van der Waals surface area contributed by atoms with E-state index in [2.05, 4.69) is 12.2 Å². The molecule has 3 nitrogen and oxygen atoms in total. The minimum Gasteiger partial charge on any atom is -0.459 e. The molecule has 0 spiro atoms. The molecule has 0 atom stereocenters. The molecule has 1 N–H and O–H groups in total. The van der Waals surface area contributed by atoms with Gasteiger partial charge < -0.3 is 10.1 Å². The van der Waals surface area contributed by atoms with Crippen molar-refractivity contribution in [2.45, 2.75) is 51.0 Å². The zero-order valence-corrected chi connectivity index (χ0v) is 11.7. The van der Waals surface area contributed by atoms with E-state index in [4.69, 9.17) is 4.74 Å². The van der Waals surface area contributed by atoms with Gasteiger partial charge in [-0.2, -0.15) is 0 Å². The van der Waals surface area contributed by atoms with Crippen molar-refractivity contribution in [1.29, 1.82) is 0 Å². The molecule has 0 saturated heterocycles. The van der Waals surface area contributed by atoms with Crippen LogP contribution >= 0.6 is 0 Å². The van der Waals surface area contributed by atoms with E-state index in [0.717, 1.165) is 18.5 Å². The van der Waals surface area contributed by atoms with Gasteiger partial charge in [0.2, 0.25) is 0 Å². The van der Waals surface area contributed by atoms with Crippen molar-refractivity contribution in [3.05, 3.63) is 30.3 Å². The fourth-order valence-corrected chi connectivity index (χ4v) is 2.59. The third kappa shape index (κ3) is 4.58. The van der Waals surface area contributed by atoms with E-state index in [1.165, 1.54) is 19.3 Å². The van der Waals surface area contributed by atoms with Crippen LogP contribution in [0.2, 0.25) is 0 Å². The number of carbonyl (C=O) groups is 1. The molecule has 1 aliphatic rings. The van der Waals surface area contributed by atoms with Crippen LogP contribution in [0.1, 0.15) is 45.4 Å². The summed E-state index contributed by atoms with van der Waals surface area (Å²) in [4.78, 5) is 11.8. The summed E-state index contributed by atoms with van der Waals surface area (Å²) in [5, 5.41) is 3.22. The molecule has 0 radical (unpaired) electrons. The van der Waals surface area contributed by atoms with Gasteiger partial charge in [0.1, 0.15) is 5.60 Å². The van der Waals surface area contributed by atoms with Gasteiger partial charge in [0.05, 0.1) is 6.42 Å². The molecule has 1 aromatic carbocycles. The van der Waals surface area contributed by atoms with Gasteiger partial charge in [-0.15, -0.1) is 0 Å². The van der Waals surface area contributed by atoms with Gasteiger partial charge in [-0.05, 0) is 44.7 Å². The first kappa shape index (κ1) is 13.9. The average Bonchev–Trinajstić information content (AvgIpc) is 2.40. The first-order chi connectivity index (χ1) is 9.18. The number of hydrogen-bond acceptors (Lipinski definition) is 3. The highest BCUT2D eigenvalue weighted by atomic mass is 16.6. The Labute approximate surface area is 115 Å². The predicted octanol–water partition coefficient (Wildman–Crippen LogP) is 3.75. The molecular formula is C16H23NO2. The van der Waals surface area contributed by atoms with E-state index >= 15 is 0 Å². The summed E-state index contributed by atoms with van der Waals surface area (Å²) >= 11 is 0. The summed E-state index contributed by atoms with van der Waals surface area (Å²) in [6.45, 7) is 2.69. The molecule has 1 saturated carbocycles. The van der Waals surface area contributed by atoms with Crippen LogP contribution in [0.15, 0.2) is 30.3 Å². The summed E-state index contributed by atoms with van der Waals surface area (Å²) in [6.07, 6.45) is 6.04. The third-order valence-corrected chi connectivity index (χ3v) is 3.70. The van der Waals surface area contributed by atoms with Crippen molar-refractivity contribution in [3.8, 4) is 0 Å². The Balaban J connectivity index is 1.70. The average molecular weight is 261 g/mol. The normalized spacial score (nSPS) is 17.7. The Morgan fingerprint density at radius 2 is 1.89 bits per heavy atom. The number of benzene rings is 1. The number of rotatable bonds is 5. The van der Waals surface area contributed by atoms with Crippen molar-refractivity contribution < 1.29 is 9.53 Å². The Morgan fingerprint density at radius 3 is 2.58 bits per heavy atom. The van der Waals surface area contributed by atoms with Crippen LogP contribution in [0.3, 0.4) is 0 Å². The first-order valence-electron chi connectivity index (χ1n) is 7.19. The maximum absolute atomic E-state index is 11.8. The summed E-state index contributed by atoms with van der Waals surface area (Å²) < 4.78 is 5.64. The summed E-state index contributed by atoms with van der Waals surface area (Å²) in [6, 6.07) is 9.92. The number of para-hydroxylation sites is 1. The molecule has 0 aliphatic heterocycles. The Bertz CT molecular complexity index is 396. The minimum atomic E-state index is -0.220. The molecule has 1 fully saturated rings. The van der Waals surface area contributed by atoms with E-state index in [0.29, 0.717) is 13.0 Å². The maximum Gasteiger partial charge on any atom is 0.308 e. The molecule has 1 aliphatic carbocycles. The molecule has 3 heteroatoms. The number of ether oxygens (including phenoxy) is 1. The van der Waals surface area contributed by atoms with Crippen molar-refractivity contribution in [2.75, 3.05) is 11.9 Å². The van der Waals surface area contributed by atoms with E-state index in [9.17, 15) is 4.79 Å². The van der Waals surface area contributed by atoms with Gasteiger partial charge >= 0.3 is 5.97 Å². The van der Waals surface area contributed by atoms with Crippen LogP contribution in [0.4, 0.5) is 5.69 Å². The molecule has 0 heterocycles. The Kier molecular flexibility index (Phi) is 4.83. The topological polar surface area (TPSA) is 38.3 Å². The molecule has 1 aromatic rings. The molecule has 0 unspecified atom stereocenters. The fraction of sp³-hybridized carbons (Fsp3) is 0.562. The van der Waals surface area contributed by atoms with Crippen molar-refractivity contribution in [3.63, 3.8) is 0 Å². The highest BCUT2D eigenvalue weighted by molar-refractivity contribution is 5.70. The third-order valence-electron chi connectivity index (χ3n) is 3.70. The zero-order valence-electron chi connectivity index (χ0n) is 11.7.